The second-order valence-electron chi connectivity index (χ2n) is 7.05. The predicted octanol–water partition coefficient (Wildman–Crippen LogP) is 3.53. The van der Waals surface area contributed by atoms with E-state index in [0.717, 1.165) is 5.69 Å². The first kappa shape index (κ1) is 22.2. The van der Waals surface area contributed by atoms with Gasteiger partial charge in [0.05, 0.1) is 42.5 Å². The van der Waals surface area contributed by atoms with Crippen LogP contribution in [0.2, 0.25) is 5.02 Å². The average Bonchev–Trinajstić information content (AvgIpc) is 3.22. The van der Waals surface area contributed by atoms with Gasteiger partial charge >= 0.3 is 0 Å². The second kappa shape index (κ2) is 9.99. The largest absolute Gasteiger partial charge is 0.495 e. The number of hydrazine groups is 1. The third-order valence-electron chi connectivity index (χ3n) is 4.51. The van der Waals surface area contributed by atoms with E-state index < -0.39 is 11.8 Å². The Morgan fingerprint density at radius 1 is 1.13 bits per heavy atom. The van der Waals surface area contributed by atoms with Gasteiger partial charge in [-0.25, -0.2) is 4.68 Å². The van der Waals surface area contributed by atoms with Crippen molar-refractivity contribution < 1.29 is 14.3 Å². The molecule has 0 atom stereocenters. The van der Waals surface area contributed by atoms with Crippen LogP contribution in [0.25, 0.3) is 5.69 Å². The van der Waals surface area contributed by atoms with Gasteiger partial charge < -0.3 is 10.1 Å². The maximum Gasteiger partial charge on any atom is 0.273 e. The first-order valence-electron chi connectivity index (χ1n) is 9.70. The highest BCUT2D eigenvalue weighted by Gasteiger charge is 2.21. The van der Waals surface area contributed by atoms with Crippen molar-refractivity contribution in [1.29, 1.82) is 0 Å². The summed E-state index contributed by atoms with van der Waals surface area (Å²) in [7, 11) is 1.55. The summed E-state index contributed by atoms with van der Waals surface area (Å²) < 4.78 is 6.91. The lowest BCUT2D eigenvalue weighted by Crippen LogP contribution is -2.44. The van der Waals surface area contributed by atoms with E-state index in [-0.39, 0.29) is 12.5 Å². The van der Waals surface area contributed by atoms with E-state index in [2.05, 4.69) is 21.3 Å². The molecule has 1 heterocycles. The molecule has 2 aromatic carbocycles. The number of hydrogen-bond acceptors (Lipinski definition) is 5. The van der Waals surface area contributed by atoms with E-state index in [1.54, 1.807) is 36.1 Å². The molecule has 0 saturated carbocycles. The number of nitrogens with one attached hydrogen (secondary N) is 3. The molecule has 0 aliphatic rings. The van der Waals surface area contributed by atoms with Gasteiger partial charge in [0.15, 0.2) is 0 Å². The fourth-order valence-corrected chi connectivity index (χ4v) is 3.29. The summed E-state index contributed by atoms with van der Waals surface area (Å²) in [6, 6.07) is 14.5. The molecule has 3 rings (SSSR count). The quantitative estimate of drug-likeness (QED) is 0.487. The lowest BCUT2D eigenvalue weighted by atomic mass is 10.1. The molecule has 0 saturated heterocycles. The van der Waals surface area contributed by atoms with Crippen LogP contribution in [0.15, 0.2) is 54.7 Å². The number of rotatable bonds is 7. The number of aromatic nitrogens is 2. The second-order valence-corrected chi connectivity index (χ2v) is 7.48. The molecule has 0 radical (unpaired) electrons. The average molecular weight is 442 g/mol. The van der Waals surface area contributed by atoms with Crippen molar-refractivity contribution in [3.05, 3.63) is 71.0 Å². The minimum Gasteiger partial charge on any atom is -0.495 e. The summed E-state index contributed by atoms with van der Waals surface area (Å²) in [5.41, 5.74) is 7.36. The standard InChI is InChI=1S/C22H24ClN5O3/c1-14(2)21-17(12-25-28(21)16-8-6-7-15(23)11-16)22(30)27-26-20(29)13-24-18-9-4-5-10-19(18)31-3/h4-12,14,24H,13H2,1-3H3,(H,26,29)(H,27,30). The van der Waals surface area contributed by atoms with Gasteiger partial charge in [0.2, 0.25) is 0 Å². The topological polar surface area (TPSA) is 97.3 Å². The molecule has 0 fully saturated rings. The maximum atomic E-state index is 12.7. The third-order valence-corrected chi connectivity index (χ3v) is 4.75. The molecule has 8 nitrogen and oxygen atoms in total. The molecule has 0 aliphatic heterocycles. The van der Waals surface area contributed by atoms with Crippen molar-refractivity contribution in [1.82, 2.24) is 20.6 Å². The van der Waals surface area contributed by atoms with Crippen LogP contribution >= 0.6 is 11.6 Å². The fourth-order valence-electron chi connectivity index (χ4n) is 3.11. The van der Waals surface area contributed by atoms with Crippen molar-refractivity contribution >= 4 is 29.1 Å². The van der Waals surface area contributed by atoms with Gasteiger partial charge in [-0.2, -0.15) is 5.10 Å². The number of carbonyl (C=O) groups is 2. The number of ether oxygens (including phenoxy) is 1. The Hall–Kier alpha value is -3.52. The number of methoxy groups -OCH3 is 1. The van der Waals surface area contributed by atoms with E-state index in [4.69, 9.17) is 16.3 Å². The summed E-state index contributed by atoms with van der Waals surface area (Å²) in [6.45, 7) is 3.88. The Morgan fingerprint density at radius 3 is 2.61 bits per heavy atom. The van der Waals surface area contributed by atoms with Crippen molar-refractivity contribution in [2.75, 3.05) is 19.0 Å². The van der Waals surface area contributed by atoms with E-state index >= 15 is 0 Å². The molecule has 1 aromatic heterocycles. The summed E-state index contributed by atoms with van der Waals surface area (Å²) in [6.07, 6.45) is 1.48. The van der Waals surface area contributed by atoms with Gasteiger partial charge in [0, 0.05) is 5.02 Å². The number of carbonyl (C=O) groups excluding carboxylic acids is 2. The zero-order valence-electron chi connectivity index (χ0n) is 17.5. The molecule has 3 N–H and O–H groups in total. The molecule has 0 unspecified atom stereocenters. The zero-order chi connectivity index (χ0) is 22.4. The van der Waals surface area contributed by atoms with E-state index in [0.29, 0.717) is 27.7 Å². The van der Waals surface area contributed by atoms with Crippen LogP contribution in [0.1, 0.15) is 35.8 Å². The van der Waals surface area contributed by atoms with E-state index in [1.807, 2.05) is 38.1 Å². The molecular formula is C22H24ClN5O3. The van der Waals surface area contributed by atoms with Crippen molar-refractivity contribution in [2.45, 2.75) is 19.8 Å². The normalized spacial score (nSPS) is 10.6. The van der Waals surface area contributed by atoms with Crippen molar-refractivity contribution in [3.63, 3.8) is 0 Å². The fraction of sp³-hybridized carbons (Fsp3) is 0.227. The van der Waals surface area contributed by atoms with Gasteiger partial charge in [-0.1, -0.05) is 43.6 Å². The summed E-state index contributed by atoms with van der Waals surface area (Å²) in [4.78, 5) is 24.9. The van der Waals surface area contributed by atoms with Crippen LogP contribution in [-0.2, 0) is 4.79 Å². The third kappa shape index (κ3) is 5.35. The van der Waals surface area contributed by atoms with Gasteiger partial charge in [-0.3, -0.25) is 20.4 Å². The highest BCUT2D eigenvalue weighted by atomic mass is 35.5. The van der Waals surface area contributed by atoms with Crippen molar-refractivity contribution in [3.8, 4) is 11.4 Å². The summed E-state index contributed by atoms with van der Waals surface area (Å²) in [5, 5.41) is 7.89. The highest BCUT2D eigenvalue weighted by Crippen LogP contribution is 2.24. The highest BCUT2D eigenvalue weighted by molar-refractivity contribution is 6.30. The number of para-hydroxylation sites is 2. The zero-order valence-corrected chi connectivity index (χ0v) is 18.2. The van der Waals surface area contributed by atoms with Gasteiger partial charge in [0.1, 0.15) is 5.75 Å². The number of amides is 2. The Labute approximate surface area is 185 Å². The maximum absolute atomic E-state index is 12.7. The molecule has 0 bridgehead atoms. The van der Waals surface area contributed by atoms with Crippen LogP contribution in [-0.4, -0.2) is 35.2 Å². The van der Waals surface area contributed by atoms with Crippen LogP contribution in [0.5, 0.6) is 5.75 Å². The number of anilines is 1. The minimum absolute atomic E-state index is 0.00476. The lowest BCUT2D eigenvalue weighted by molar-refractivity contribution is -0.120. The van der Waals surface area contributed by atoms with Gasteiger partial charge in [0.25, 0.3) is 11.8 Å². The molecule has 0 aliphatic carbocycles. The monoisotopic (exact) mass is 441 g/mol. The number of nitrogens with zero attached hydrogens (tertiary/aromatic N) is 2. The molecule has 31 heavy (non-hydrogen) atoms. The van der Waals surface area contributed by atoms with E-state index in [9.17, 15) is 9.59 Å². The lowest BCUT2D eigenvalue weighted by Gasteiger charge is -2.14. The molecule has 0 spiro atoms. The molecule has 2 amide bonds. The van der Waals surface area contributed by atoms with Crippen LogP contribution in [0.4, 0.5) is 5.69 Å². The summed E-state index contributed by atoms with van der Waals surface area (Å²) in [5.74, 6) is -0.241. The smallest absolute Gasteiger partial charge is 0.273 e. The number of halogens is 1. The van der Waals surface area contributed by atoms with Crippen LogP contribution < -0.4 is 20.9 Å². The first-order valence-corrected chi connectivity index (χ1v) is 10.1. The Morgan fingerprint density at radius 2 is 1.90 bits per heavy atom. The Balaban J connectivity index is 1.66. The van der Waals surface area contributed by atoms with Crippen LogP contribution in [0, 0.1) is 0 Å². The molecule has 3 aromatic rings. The molecular weight excluding hydrogens is 418 g/mol. The SMILES string of the molecule is COc1ccccc1NCC(=O)NNC(=O)c1cnn(-c2cccc(Cl)c2)c1C(C)C. The van der Waals surface area contributed by atoms with Gasteiger partial charge in [-0.05, 0) is 36.2 Å². The summed E-state index contributed by atoms with van der Waals surface area (Å²) >= 11 is 6.09. The van der Waals surface area contributed by atoms with Crippen LogP contribution in [0.3, 0.4) is 0 Å². The van der Waals surface area contributed by atoms with E-state index in [1.165, 1.54) is 6.20 Å². The number of hydrogen-bond donors (Lipinski definition) is 3. The Bertz CT molecular complexity index is 1080. The minimum atomic E-state index is -0.456. The number of benzene rings is 2. The molecule has 162 valence electrons. The first-order chi connectivity index (χ1) is 14.9. The van der Waals surface area contributed by atoms with Crippen molar-refractivity contribution in [2.24, 2.45) is 0 Å². The Kier molecular flexibility index (Phi) is 7.15. The van der Waals surface area contributed by atoms with Gasteiger partial charge in [-0.15, -0.1) is 0 Å². The molecule has 9 heteroatoms. The predicted molar refractivity (Wildman–Crippen MR) is 120 cm³/mol.